The predicted molar refractivity (Wildman–Crippen MR) is 79.4 cm³/mol. The maximum absolute atomic E-state index is 10.7. The van der Waals surface area contributed by atoms with Gasteiger partial charge in [0.25, 0.3) is 5.69 Å². The summed E-state index contributed by atoms with van der Waals surface area (Å²) in [6, 6.07) is 4.98. The Bertz CT molecular complexity index is 421. The average Bonchev–Trinajstić information content (AvgIpc) is 2.38. The Labute approximate surface area is 114 Å². The molecule has 1 atom stereocenters. The highest BCUT2D eigenvalue weighted by Gasteiger charge is 2.12. The summed E-state index contributed by atoms with van der Waals surface area (Å²) in [5, 5.41) is 14.1. The lowest BCUT2D eigenvalue weighted by atomic mass is 10.0. The SMILES string of the molecule is CCCCC(CCC)Nc1ccc([N+](=O)[O-])cc1N. The third kappa shape index (κ3) is 4.77. The Hall–Kier alpha value is -1.78. The van der Waals surface area contributed by atoms with Gasteiger partial charge in [-0.25, -0.2) is 0 Å². The van der Waals surface area contributed by atoms with E-state index in [1.165, 1.54) is 18.6 Å². The molecule has 0 aliphatic rings. The van der Waals surface area contributed by atoms with Crippen LogP contribution in [0.15, 0.2) is 18.2 Å². The number of nitrogen functional groups attached to an aromatic ring is 1. The molecule has 5 heteroatoms. The topological polar surface area (TPSA) is 81.2 Å². The maximum Gasteiger partial charge on any atom is 0.271 e. The summed E-state index contributed by atoms with van der Waals surface area (Å²) >= 11 is 0. The van der Waals surface area contributed by atoms with Crippen molar-refractivity contribution < 1.29 is 4.92 Å². The van der Waals surface area contributed by atoms with Crippen LogP contribution in [0.4, 0.5) is 17.1 Å². The summed E-state index contributed by atoms with van der Waals surface area (Å²) in [6.07, 6.45) is 5.62. The molecule has 5 nitrogen and oxygen atoms in total. The maximum atomic E-state index is 10.7. The van der Waals surface area contributed by atoms with Gasteiger partial charge >= 0.3 is 0 Å². The molecule has 0 fully saturated rings. The lowest BCUT2D eigenvalue weighted by Crippen LogP contribution is -2.20. The standard InChI is InChI=1S/C14H23N3O2/c1-3-5-7-11(6-4-2)16-14-9-8-12(17(18)19)10-13(14)15/h8-11,16H,3-7,15H2,1-2H3. The number of nitrogens with zero attached hydrogens (tertiary/aromatic N) is 1. The van der Waals surface area contributed by atoms with E-state index in [-0.39, 0.29) is 5.69 Å². The molecule has 0 spiro atoms. The van der Waals surface area contributed by atoms with E-state index in [9.17, 15) is 10.1 Å². The number of hydrogen-bond acceptors (Lipinski definition) is 4. The minimum Gasteiger partial charge on any atom is -0.397 e. The van der Waals surface area contributed by atoms with Crippen molar-refractivity contribution in [1.82, 2.24) is 0 Å². The first kappa shape index (κ1) is 15.3. The fraction of sp³-hybridized carbons (Fsp3) is 0.571. The second-order valence-corrected chi connectivity index (χ2v) is 4.80. The molecular weight excluding hydrogens is 242 g/mol. The second kappa shape index (κ2) is 7.61. The number of nitrogens with one attached hydrogen (secondary N) is 1. The first-order chi connectivity index (χ1) is 9.08. The third-order valence-electron chi connectivity index (χ3n) is 3.15. The molecule has 0 saturated carbocycles. The van der Waals surface area contributed by atoms with Crippen LogP contribution in [0.25, 0.3) is 0 Å². The van der Waals surface area contributed by atoms with Gasteiger partial charge in [-0.05, 0) is 18.9 Å². The number of unbranched alkanes of at least 4 members (excludes halogenated alkanes) is 1. The molecule has 0 bridgehead atoms. The average molecular weight is 265 g/mol. The van der Waals surface area contributed by atoms with Crippen LogP contribution in [0.5, 0.6) is 0 Å². The first-order valence-electron chi connectivity index (χ1n) is 6.88. The molecule has 106 valence electrons. The molecule has 1 aromatic rings. The van der Waals surface area contributed by atoms with Gasteiger partial charge in [-0.1, -0.05) is 33.1 Å². The third-order valence-corrected chi connectivity index (χ3v) is 3.15. The van der Waals surface area contributed by atoms with Crippen LogP contribution >= 0.6 is 0 Å². The van der Waals surface area contributed by atoms with Gasteiger partial charge in [0, 0.05) is 18.2 Å². The number of benzene rings is 1. The molecule has 0 amide bonds. The van der Waals surface area contributed by atoms with Crippen LogP contribution in [0, 0.1) is 10.1 Å². The van der Waals surface area contributed by atoms with E-state index in [4.69, 9.17) is 5.73 Å². The number of rotatable bonds is 8. The molecule has 0 aliphatic heterocycles. The number of nitro groups is 1. The first-order valence-corrected chi connectivity index (χ1v) is 6.88. The molecule has 1 rings (SSSR count). The Morgan fingerprint density at radius 1 is 1.32 bits per heavy atom. The van der Waals surface area contributed by atoms with Gasteiger partial charge in [0.2, 0.25) is 0 Å². The van der Waals surface area contributed by atoms with Crippen molar-refractivity contribution in [2.75, 3.05) is 11.1 Å². The molecule has 3 N–H and O–H groups in total. The van der Waals surface area contributed by atoms with E-state index in [1.54, 1.807) is 6.07 Å². The monoisotopic (exact) mass is 265 g/mol. The van der Waals surface area contributed by atoms with Crippen LogP contribution < -0.4 is 11.1 Å². The highest BCUT2D eigenvalue weighted by Crippen LogP contribution is 2.26. The van der Waals surface area contributed by atoms with Gasteiger partial charge in [-0.15, -0.1) is 0 Å². The minimum atomic E-state index is -0.430. The Balaban J connectivity index is 2.75. The molecular formula is C14H23N3O2. The van der Waals surface area contributed by atoms with E-state index in [0.29, 0.717) is 11.7 Å². The largest absolute Gasteiger partial charge is 0.397 e. The van der Waals surface area contributed by atoms with Crippen LogP contribution in [0.1, 0.15) is 46.0 Å². The van der Waals surface area contributed by atoms with Crippen molar-refractivity contribution in [3.63, 3.8) is 0 Å². The number of hydrogen-bond donors (Lipinski definition) is 2. The van der Waals surface area contributed by atoms with Gasteiger partial charge in [-0.2, -0.15) is 0 Å². The lowest BCUT2D eigenvalue weighted by Gasteiger charge is -2.20. The molecule has 0 aliphatic carbocycles. The van der Waals surface area contributed by atoms with Gasteiger partial charge in [0.05, 0.1) is 16.3 Å². The highest BCUT2D eigenvalue weighted by molar-refractivity contribution is 5.69. The van der Waals surface area contributed by atoms with Crippen molar-refractivity contribution in [2.45, 2.75) is 52.0 Å². The highest BCUT2D eigenvalue weighted by atomic mass is 16.6. The van der Waals surface area contributed by atoms with Crippen LogP contribution in [-0.4, -0.2) is 11.0 Å². The quantitative estimate of drug-likeness (QED) is 0.423. The van der Waals surface area contributed by atoms with Crippen molar-refractivity contribution in [2.24, 2.45) is 0 Å². The van der Waals surface area contributed by atoms with Crippen molar-refractivity contribution in [3.05, 3.63) is 28.3 Å². The van der Waals surface area contributed by atoms with E-state index in [0.717, 1.165) is 31.4 Å². The predicted octanol–water partition coefficient (Wildman–Crippen LogP) is 3.95. The number of nitrogens with two attached hydrogens (primary N) is 1. The smallest absolute Gasteiger partial charge is 0.271 e. The summed E-state index contributed by atoms with van der Waals surface area (Å²) in [4.78, 5) is 10.2. The summed E-state index contributed by atoms with van der Waals surface area (Å²) in [6.45, 7) is 4.32. The number of anilines is 2. The van der Waals surface area contributed by atoms with Crippen LogP contribution in [0.2, 0.25) is 0 Å². The van der Waals surface area contributed by atoms with Gasteiger partial charge < -0.3 is 11.1 Å². The fourth-order valence-electron chi connectivity index (χ4n) is 2.10. The Kier molecular flexibility index (Phi) is 6.12. The van der Waals surface area contributed by atoms with E-state index >= 15 is 0 Å². The normalized spacial score (nSPS) is 12.1. The Morgan fingerprint density at radius 3 is 2.58 bits per heavy atom. The lowest BCUT2D eigenvalue weighted by molar-refractivity contribution is -0.384. The van der Waals surface area contributed by atoms with Crippen molar-refractivity contribution in [3.8, 4) is 0 Å². The van der Waals surface area contributed by atoms with Crippen molar-refractivity contribution >= 4 is 17.1 Å². The van der Waals surface area contributed by atoms with Crippen molar-refractivity contribution in [1.29, 1.82) is 0 Å². The van der Waals surface area contributed by atoms with E-state index in [1.807, 2.05) is 0 Å². The summed E-state index contributed by atoms with van der Waals surface area (Å²) in [5.74, 6) is 0. The zero-order valence-corrected chi connectivity index (χ0v) is 11.7. The van der Waals surface area contributed by atoms with Gasteiger partial charge in [0.15, 0.2) is 0 Å². The molecule has 0 heterocycles. The van der Waals surface area contributed by atoms with Gasteiger partial charge in [-0.3, -0.25) is 10.1 Å². The summed E-state index contributed by atoms with van der Waals surface area (Å²) in [7, 11) is 0. The van der Waals surface area contributed by atoms with Crippen LogP contribution in [-0.2, 0) is 0 Å². The van der Waals surface area contributed by atoms with Gasteiger partial charge in [0.1, 0.15) is 0 Å². The number of non-ortho nitro benzene ring substituents is 1. The van der Waals surface area contributed by atoms with E-state index < -0.39 is 4.92 Å². The van der Waals surface area contributed by atoms with E-state index in [2.05, 4.69) is 19.2 Å². The molecule has 0 aromatic heterocycles. The zero-order valence-electron chi connectivity index (χ0n) is 11.7. The molecule has 1 aromatic carbocycles. The Morgan fingerprint density at radius 2 is 2.05 bits per heavy atom. The fourth-order valence-corrected chi connectivity index (χ4v) is 2.10. The second-order valence-electron chi connectivity index (χ2n) is 4.80. The summed E-state index contributed by atoms with van der Waals surface area (Å²) in [5.41, 5.74) is 7.13. The molecule has 19 heavy (non-hydrogen) atoms. The van der Waals surface area contributed by atoms with Crippen LogP contribution in [0.3, 0.4) is 0 Å². The number of nitro benzene ring substituents is 1. The minimum absolute atomic E-state index is 0.0312. The molecule has 0 radical (unpaired) electrons. The molecule has 0 saturated heterocycles. The zero-order chi connectivity index (χ0) is 14.3. The summed E-state index contributed by atoms with van der Waals surface area (Å²) < 4.78 is 0. The molecule has 1 unspecified atom stereocenters.